The van der Waals surface area contributed by atoms with Gasteiger partial charge in [-0.15, -0.1) is 0 Å². The molecule has 0 aliphatic heterocycles. The number of hydrogen-bond acceptors (Lipinski definition) is 6. The number of ether oxygens (including phenoxy) is 1. The molecule has 0 bridgehead atoms. The van der Waals surface area contributed by atoms with Crippen molar-refractivity contribution in [3.63, 3.8) is 0 Å². The maximum absolute atomic E-state index is 13.3. The highest BCUT2D eigenvalue weighted by Gasteiger charge is 2.24. The molecule has 4 N–H and O–H groups in total. The van der Waals surface area contributed by atoms with Crippen LogP contribution in [-0.2, 0) is 11.3 Å². The molecule has 4 rings (SSSR count). The van der Waals surface area contributed by atoms with E-state index >= 15 is 0 Å². The van der Waals surface area contributed by atoms with E-state index in [0.29, 0.717) is 42.7 Å². The lowest BCUT2D eigenvalue weighted by atomic mass is 9.82. The second-order valence-corrected chi connectivity index (χ2v) is 11.3. The molecule has 0 atom stereocenters. The van der Waals surface area contributed by atoms with Crippen molar-refractivity contribution in [2.24, 2.45) is 17.6 Å². The Kier molecular flexibility index (Phi) is 9.30. The van der Waals surface area contributed by atoms with Crippen LogP contribution in [0.3, 0.4) is 0 Å². The van der Waals surface area contributed by atoms with Gasteiger partial charge < -0.3 is 21.1 Å². The SMILES string of the molecule is CC(C)(C)OC(=O)NC[C@H]1CC[C@H](CNC(=O)c2cc(-c3cccnc3)nc(-c3cccc(CN)c3)c2)CC1. The van der Waals surface area contributed by atoms with Crippen molar-refractivity contribution >= 4 is 12.0 Å². The van der Waals surface area contributed by atoms with E-state index in [4.69, 9.17) is 15.5 Å². The predicted octanol–water partition coefficient (Wildman–Crippen LogP) is 5.33. The van der Waals surface area contributed by atoms with Crippen molar-refractivity contribution in [2.75, 3.05) is 13.1 Å². The Morgan fingerprint density at radius 2 is 1.56 bits per heavy atom. The van der Waals surface area contributed by atoms with Crippen LogP contribution in [0.4, 0.5) is 4.79 Å². The molecule has 1 aliphatic rings. The minimum Gasteiger partial charge on any atom is -0.444 e. The normalized spacial score (nSPS) is 17.3. The highest BCUT2D eigenvalue weighted by Crippen LogP contribution is 2.29. The number of amides is 2. The van der Waals surface area contributed by atoms with Gasteiger partial charge in [0.15, 0.2) is 0 Å². The molecule has 0 spiro atoms. The van der Waals surface area contributed by atoms with E-state index in [1.54, 1.807) is 12.4 Å². The maximum atomic E-state index is 13.3. The van der Waals surface area contributed by atoms with Crippen LogP contribution < -0.4 is 16.4 Å². The fraction of sp³-hybridized carbons (Fsp3) is 0.419. The standard InChI is InChI=1S/C31H39N5O3/c1-31(2,3)39-30(38)35-19-22-11-9-21(10-12-22)18-34-29(37)26-15-27(24-7-4-6-23(14-24)17-32)36-28(16-26)25-8-5-13-33-20-25/h4-8,13-16,20-22H,9-12,17-19,32H2,1-3H3,(H,34,37)(H,35,38)/t21-,22-. The van der Waals surface area contributed by atoms with Gasteiger partial charge in [-0.25, -0.2) is 9.78 Å². The number of benzene rings is 1. The number of carbonyl (C=O) groups excluding carboxylic acids is 2. The molecule has 0 radical (unpaired) electrons. The number of aromatic nitrogens is 2. The van der Waals surface area contributed by atoms with E-state index in [-0.39, 0.29) is 12.0 Å². The third-order valence-electron chi connectivity index (χ3n) is 6.95. The summed E-state index contributed by atoms with van der Waals surface area (Å²) >= 11 is 0. The summed E-state index contributed by atoms with van der Waals surface area (Å²) in [5, 5.41) is 6.04. The summed E-state index contributed by atoms with van der Waals surface area (Å²) in [7, 11) is 0. The summed E-state index contributed by atoms with van der Waals surface area (Å²) in [6, 6.07) is 15.4. The second kappa shape index (κ2) is 12.8. The second-order valence-electron chi connectivity index (χ2n) is 11.3. The molecule has 8 heteroatoms. The van der Waals surface area contributed by atoms with Crippen LogP contribution in [0.25, 0.3) is 22.5 Å². The summed E-state index contributed by atoms with van der Waals surface area (Å²) in [6.45, 7) is 7.25. The van der Waals surface area contributed by atoms with Crippen molar-refractivity contribution in [1.82, 2.24) is 20.6 Å². The van der Waals surface area contributed by atoms with E-state index in [0.717, 1.165) is 48.1 Å². The van der Waals surface area contributed by atoms with Crippen molar-refractivity contribution in [1.29, 1.82) is 0 Å². The molecule has 0 unspecified atom stereocenters. The molecule has 1 aromatic carbocycles. The topological polar surface area (TPSA) is 119 Å². The van der Waals surface area contributed by atoms with Gasteiger partial charge in [-0.3, -0.25) is 9.78 Å². The fourth-order valence-electron chi connectivity index (χ4n) is 4.85. The number of nitrogens with zero attached hydrogens (tertiary/aromatic N) is 2. The van der Waals surface area contributed by atoms with Crippen LogP contribution >= 0.6 is 0 Å². The predicted molar refractivity (Wildman–Crippen MR) is 153 cm³/mol. The first-order valence-corrected chi connectivity index (χ1v) is 13.7. The molecule has 2 aromatic heterocycles. The van der Waals surface area contributed by atoms with Crippen molar-refractivity contribution in [2.45, 2.75) is 58.6 Å². The Hall–Kier alpha value is -3.78. The molecule has 3 aromatic rings. The van der Waals surface area contributed by atoms with Crippen molar-refractivity contribution in [3.05, 3.63) is 72.1 Å². The minimum atomic E-state index is -0.497. The Morgan fingerprint density at radius 1 is 0.923 bits per heavy atom. The first-order chi connectivity index (χ1) is 18.7. The molecular weight excluding hydrogens is 490 g/mol. The number of rotatable bonds is 8. The third-order valence-corrected chi connectivity index (χ3v) is 6.95. The number of carbonyl (C=O) groups is 2. The van der Waals surface area contributed by atoms with Crippen LogP contribution in [0.2, 0.25) is 0 Å². The lowest BCUT2D eigenvalue weighted by molar-refractivity contribution is 0.0512. The fourth-order valence-corrected chi connectivity index (χ4v) is 4.85. The van der Waals surface area contributed by atoms with Crippen LogP contribution in [0.1, 0.15) is 62.4 Å². The van der Waals surface area contributed by atoms with Gasteiger partial charge in [-0.1, -0.05) is 18.2 Å². The Morgan fingerprint density at radius 3 is 2.18 bits per heavy atom. The monoisotopic (exact) mass is 529 g/mol. The average Bonchev–Trinajstić information content (AvgIpc) is 2.94. The molecule has 2 heterocycles. The number of hydrogen-bond donors (Lipinski definition) is 3. The van der Waals surface area contributed by atoms with Crippen LogP contribution in [0.5, 0.6) is 0 Å². The highest BCUT2D eigenvalue weighted by molar-refractivity contribution is 5.96. The highest BCUT2D eigenvalue weighted by atomic mass is 16.6. The summed E-state index contributed by atoms with van der Waals surface area (Å²) < 4.78 is 5.33. The van der Waals surface area contributed by atoms with E-state index in [1.807, 2.05) is 69.3 Å². The molecule has 39 heavy (non-hydrogen) atoms. The third kappa shape index (κ3) is 8.35. The lowest BCUT2D eigenvalue weighted by Gasteiger charge is -2.29. The molecule has 1 saturated carbocycles. The number of pyridine rings is 2. The Labute approximate surface area is 230 Å². The van der Waals surface area contributed by atoms with Crippen LogP contribution in [-0.4, -0.2) is 40.7 Å². The van der Waals surface area contributed by atoms with Gasteiger partial charge >= 0.3 is 6.09 Å². The zero-order chi connectivity index (χ0) is 27.8. The van der Waals surface area contributed by atoms with Gasteiger partial charge in [0.25, 0.3) is 5.91 Å². The summed E-state index contributed by atoms with van der Waals surface area (Å²) in [4.78, 5) is 34.3. The summed E-state index contributed by atoms with van der Waals surface area (Å²) in [5.74, 6) is 0.720. The van der Waals surface area contributed by atoms with E-state index in [2.05, 4.69) is 15.6 Å². The first kappa shape index (κ1) is 28.2. The maximum Gasteiger partial charge on any atom is 0.407 e. The van der Waals surface area contributed by atoms with E-state index in [9.17, 15) is 9.59 Å². The number of alkyl carbamates (subject to hydrolysis) is 1. The minimum absolute atomic E-state index is 0.118. The average molecular weight is 530 g/mol. The molecule has 0 saturated heterocycles. The zero-order valence-corrected chi connectivity index (χ0v) is 23.1. The lowest BCUT2D eigenvalue weighted by Crippen LogP contribution is -2.37. The first-order valence-electron chi connectivity index (χ1n) is 13.7. The van der Waals surface area contributed by atoms with Gasteiger partial charge in [-0.2, -0.15) is 0 Å². The van der Waals surface area contributed by atoms with Crippen LogP contribution in [0, 0.1) is 11.8 Å². The number of nitrogens with one attached hydrogen (secondary N) is 2. The van der Waals surface area contributed by atoms with Gasteiger partial charge in [0.1, 0.15) is 5.60 Å². The van der Waals surface area contributed by atoms with Gasteiger partial charge in [-0.05, 0) is 94.2 Å². The van der Waals surface area contributed by atoms with Gasteiger partial charge in [0, 0.05) is 48.7 Å². The molecule has 8 nitrogen and oxygen atoms in total. The molecule has 2 amide bonds. The van der Waals surface area contributed by atoms with Gasteiger partial charge in [0.2, 0.25) is 0 Å². The van der Waals surface area contributed by atoms with Crippen LogP contribution in [0.15, 0.2) is 60.9 Å². The molecule has 1 aliphatic carbocycles. The van der Waals surface area contributed by atoms with Gasteiger partial charge in [0.05, 0.1) is 11.4 Å². The Balaban J connectivity index is 1.38. The molecular formula is C31H39N5O3. The zero-order valence-electron chi connectivity index (χ0n) is 23.1. The quantitative estimate of drug-likeness (QED) is 0.363. The summed E-state index contributed by atoms with van der Waals surface area (Å²) in [6.07, 6.45) is 7.14. The molecule has 206 valence electrons. The largest absolute Gasteiger partial charge is 0.444 e. The van der Waals surface area contributed by atoms with E-state index < -0.39 is 5.60 Å². The Bertz CT molecular complexity index is 1260. The van der Waals surface area contributed by atoms with Crippen molar-refractivity contribution in [3.8, 4) is 22.5 Å². The molecule has 1 fully saturated rings. The smallest absolute Gasteiger partial charge is 0.407 e. The van der Waals surface area contributed by atoms with Crippen molar-refractivity contribution < 1.29 is 14.3 Å². The van der Waals surface area contributed by atoms with E-state index in [1.165, 1.54) is 0 Å². The number of nitrogens with two attached hydrogens (primary N) is 1. The summed E-state index contributed by atoms with van der Waals surface area (Å²) in [5.41, 5.74) is 10.1.